The number of fused-ring (bicyclic) bond motifs is 4. The fourth-order valence-electron chi connectivity index (χ4n) is 8.16. The molecular formula is C34H41ClN2O5S. The van der Waals surface area contributed by atoms with Crippen molar-refractivity contribution in [3.05, 3.63) is 64.2 Å². The van der Waals surface area contributed by atoms with E-state index in [1.54, 1.807) is 6.07 Å². The molecule has 5 atom stereocenters. The number of ether oxygens (including phenoxy) is 1. The lowest BCUT2D eigenvalue weighted by Gasteiger charge is -2.44. The van der Waals surface area contributed by atoms with Crippen LogP contribution in [0.2, 0.25) is 5.02 Å². The number of hydrogen-bond donors (Lipinski definition) is 2. The van der Waals surface area contributed by atoms with Crippen molar-refractivity contribution in [2.45, 2.75) is 75.4 Å². The summed E-state index contributed by atoms with van der Waals surface area (Å²) in [6.45, 7) is 3.95. The van der Waals surface area contributed by atoms with Gasteiger partial charge in [-0.25, -0.2) is 13.1 Å². The second-order valence-corrected chi connectivity index (χ2v) is 16.0. The molecule has 230 valence electrons. The normalized spacial score (nSPS) is 32.8. The number of aryl methyl sites for hydroxylation is 1. The number of aromatic hydroxyl groups is 1. The Morgan fingerprint density at radius 2 is 1.81 bits per heavy atom. The Bertz CT molecular complexity index is 1570. The third kappa shape index (κ3) is 5.43. The number of allylic oxidation sites excluding steroid dienone is 2. The minimum absolute atomic E-state index is 0.0704. The molecule has 2 N–H and O–H groups in total. The number of phenols is 1. The highest BCUT2D eigenvalue weighted by Gasteiger charge is 2.45. The van der Waals surface area contributed by atoms with E-state index in [1.165, 1.54) is 6.42 Å². The fourth-order valence-corrected chi connectivity index (χ4v) is 10.4. The van der Waals surface area contributed by atoms with Crippen LogP contribution in [-0.4, -0.2) is 44.4 Å². The Hall–Kier alpha value is -2.71. The van der Waals surface area contributed by atoms with Crippen LogP contribution in [0.15, 0.2) is 42.5 Å². The van der Waals surface area contributed by atoms with Gasteiger partial charge in [0.2, 0.25) is 10.0 Å². The number of carbonyl (C=O) groups excluding carboxylic acids is 1. The summed E-state index contributed by atoms with van der Waals surface area (Å²) in [5.41, 5.74) is 3.02. The summed E-state index contributed by atoms with van der Waals surface area (Å²) in [6.07, 6.45) is 13.0. The van der Waals surface area contributed by atoms with Gasteiger partial charge in [-0.15, -0.1) is 0 Å². The van der Waals surface area contributed by atoms with Gasteiger partial charge in [-0.2, -0.15) is 0 Å². The number of carbonyl (C=O) groups is 1. The zero-order valence-corrected chi connectivity index (χ0v) is 26.3. The van der Waals surface area contributed by atoms with Crippen LogP contribution in [0, 0.1) is 23.7 Å². The molecule has 7 rings (SSSR count). The standard InChI is InChI=1S/C34H41ClN2O5S/c1-21-5-2-3-6-22-8-11-26(22)18-37-19-34(14-4-7-24-15-28(35)30(38)17-27(24)34)20-42-31-13-12-25(16-29(31)37)33(39)36-43(40,41)32(21)23-9-10-23/h2-3,12-13,15-17,21-23,26,32,38H,4-11,14,18-20H2,1H3,(H,36,39)/b3-2+/t21-,22+,26+,32+,34+/m1/s1. The number of anilines is 1. The van der Waals surface area contributed by atoms with Crippen molar-refractivity contribution in [1.82, 2.24) is 4.72 Å². The van der Waals surface area contributed by atoms with Gasteiger partial charge in [-0.05, 0) is 123 Å². The molecule has 0 aromatic heterocycles. The molecule has 2 bridgehead atoms. The molecule has 3 aliphatic carbocycles. The van der Waals surface area contributed by atoms with Crippen molar-refractivity contribution in [2.75, 3.05) is 24.6 Å². The van der Waals surface area contributed by atoms with Crippen LogP contribution in [-0.2, 0) is 21.9 Å². The van der Waals surface area contributed by atoms with Crippen molar-refractivity contribution in [3.8, 4) is 11.5 Å². The topological polar surface area (TPSA) is 95.9 Å². The molecule has 0 unspecified atom stereocenters. The van der Waals surface area contributed by atoms with E-state index in [0.29, 0.717) is 47.7 Å². The molecule has 5 aliphatic rings. The van der Waals surface area contributed by atoms with Gasteiger partial charge in [-0.3, -0.25) is 4.79 Å². The van der Waals surface area contributed by atoms with Crippen LogP contribution in [0.4, 0.5) is 5.69 Å². The van der Waals surface area contributed by atoms with Gasteiger partial charge in [0.05, 0.1) is 22.6 Å². The van der Waals surface area contributed by atoms with E-state index in [0.717, 1.165) is 68.3 Å². The van der Waals surface area contributed by atoms with Crippen LogP contribution in [0.1, 0.15) is 79.8 Å². The number of sulfonamides is 1. The lowest BCUT2D eigenvalue weighted by molar-refractivity contribution is 0.0980. The summed E-state index contributed by atoms with van der Waals surface area (Å²) in [7, 11) is -3.86. The zero-order valence-electron chi connectivity index (χ0n) is 24.7. The molecule has 9 heteroatoms. The highest BCUT2D eigenvalue weighted by molar-refractivity contribution is 7.90. The second-order valence-electron chi connectivity index (χ2n) is 13.7. The minimum atomic E-state index is -3.86. The molecule has 2 aromatic carbocycles. The van der Waals surface area contributed by atoms with Crippen LogP contribution in [0.25, 0.3) is 0 Å². The van der Waals surface area contributed by atoms with Crippen LogP contribution < -0.4 is 14.4 Å². The Kier molecular flexibility index (Phi) is 7.44. The van der Waals surface area contributed by atoms with Crippen LogP contribution >= 0.6 is 11.6 Å². The van der Waals surface area contributed by atoms with Crippen molar-refractivity contribution in [1.29, 1.82) is 0 Å². The zero-order chi connectivity index (χ0) is 29.9. The molecule has 1 amide bonds. The first kappa shape index (κ1) is 29.0. The maximum absolute atomic E-state index is 13.6. The molecule has 7 nitrogen and oxygen atoms in total. The maximum Gasteiger partial charge on any atom is 0.264 e. The third-order valence-electron chi connectivity index (χ3n) is 10.8. The van der Waals surface area contributed by atoms with Gasteiger partial charge < -0.3 is 14.7 Å². The number of amides is 1. The summed E-state index contributed by atoms with van der Waals surface area (Å²) < 4.78 is 36.2. The summed E-state index contributed by atoms with van der Waals surface area (Å²) in [5, 5.41) is 10.4. The van der Waals surface area contributed by atoms with Crippen molar-refractivity contribution < 1.29 is 23.1 Å². The first-order chi connectivity index (χ1) is 20.6. The van der Waals surface area contributed by atoms with E-state index in [2.05, 4.69) is 21.8 Å². The number of nitrogens with zero attached hydrogens (tertiary/aromatic N) is 1. The minimum Gasteiger partial charge on any atom is -0.506 e. The summed E-state index contributed by atoms with van der Waals surface area (Å²) in [4.78, 5) is 15.9. The third-order valence-corrected chi connectivity index (χ3v) is 13.1. The van der Waals surface area contributed by atoms with E-state index < -0.39 is 21.2 Å². The number of hydrogen-bond acceptors (Lipinski definition) is 6. The van der Waals surface area contributed by atoms with E-state index in [9.17, 15) is 18.3 Å². The maximum atomic E-state index is 13.6. The van der Waals surface area contributed by atoms with Gasteiger partial charge in [0.1, 0.15) is 11.5 Å². The first-order valence-corrected chi connectivity index (χ1v) is 17.8. The largest absolute Gasteiger partial charge is 0.506 e. The van der Waals surface area contributed by atoms with Gasteiger partial charge >= 0.3 is 0 Å². The van der Waals surface area contributed by atoms with E-state index >= 15 is 0 Å². The number of nitrogens with one attached hydrogen (secondary N) is 1. The molecular weight excluding hydrogens is 584 g/mol. The summed E-state index contributed by atoms with van der Waals surface area (Å²) in [5.74, 6) is 1.30. The smallest absolute Gasteiger partial charge is 0.264 e. The lowest BCUT2D eigenvalue weighted by atomic mass is 9.69. The van der Waals surface area contributed by atoms with E-state index in [-0.39, 0.29) is 23.0 Å². The molecule has 2 aliphatic heterocycles. The van der Waals surface area contributed by atoms with Gasteiger partial charge in [0, 0.05) is 24.1 Å². The number of phenolic OH excluding ortho intramolecular Hbond substituents is 1. The molecule has 2 fully saturated rings. The quantitative estimate of drug-likeness (QED) is 0.358. The Morgan fingerprint density at radius 3 is 2.58 bits per heavy atom. The summed E-state index contributed by atoms with van der Waals surface area (Å²) >= 11 is 6.33. The molecule has 2 saturated carbocycles. The van der Waals surface area contributed by atoms with Crippen molar-refractivity contribution in [3.63, 3.8) is 0 Å². The predicted octanol–water partition coefficient (Wildman–Crippen LogP) is 6.37. The number of benzene rings is 2. The molecule has 2 heterocycles. The molecule has 2 aromatic rings. The Balaban J connectivity index is 1.29. The van der Waals surface area contributed by atoms with Crippen molar-refractivity contribution >= 4 is 33.2 Å². The lowest BCUT2D eigenvalue weighted by Crippen LogP contribution is -2.48. The first-order valence-electron chi connectivity index (χ1n) is 15.9. The SMILES string of the molecule is C[C@@H]1C/C=C/C[C@H]2CC[C@H]2CN2C[C@@]3(CCCc4cc(Cl)c(O)cc43)COc3ccc(cc32)C(=O)NS(=O)(=O)[C@@H]1C1CC1. The number of rotatable bonds is 1. The Morgan fingerprint density at radius 1 is 1.05 bits per heavy atom. The monoisotopic (exact) mass is 624 g/mol. The number of halogens is 1. The Labute approximate surface area is 259 Å². The van der Waals surface area contributed by atoms with E-state index in [1.807, 2.05) is 31.2 Å². The predicted molar refractivity (Wildman–Crippen MR) is 169 cm³/mol. The molecule has 43 heavy (non-hydrogen) atoms. The average Bonchev–Trinajstić information content (AvgIpc) is 3.79. The fraction of sp³-hybridized carbons (Fsp3) is 0.559. The van der Waals surface area contributed by atoms with Crippen LogP contribution in [0.3, 0.4) is 0 Å². The molecule has 0 radical (unpaired) electrons. The van der Waals surface area contributed by atoms with Crippen molar-refractivity contribution in [2.24, 2.45) is 23.7 Å². The highest BCUT2D eigenvalue weighted by Crippen LogP contribution is 2.48. The van der Waals surface area contributed by atoms with Gasteiger partial charge in [-0.1, -0.05) is 30.7 Å². The van der Waals surface area contributed by atoms with Gasteiger partial charge in [0.15, 0.2) is 0 Å². The summed E-state index contributed by atoms with van der Waals surface area (Å²) in [6, 6.07) is 9.03. The van der Waals surface area contributed by atoms with Crippen LogP contribution in [0.5, 0.6) is 11.5 Å². The van der Waals surface area contributed by atoms with Gasteiger partial charge in [0.25, 0.3) is 5.91 Å². The average molecular weight is 625 g/mol. The molecule has 0 saturated heterocycles. The highest BCUT2D eigenvalue weighted by atomic mass is 35.5. The van der Waals surface area contributed by atoms with E-state index in [4.69, 9.17) is 16.3 Å². The second kappa shape index (κ2) is 11.0. The molecule has 1 spiro atoms.